The first-order valence-corrected chi connectivity index (χ1v) is 8.12. The second-order valence-corrected chi connectivity index (χ2v) is 8.31. The monoisotopic (exact) mass is 274 g/mol. The number of aryl methyl sites for hydroxylation is 1. The molecule has 0 radical (unpaired) electrons. The maximum absolute atomic E-state index is 11.0. The number of aliphatic hydroxyl groups excluding tert-OH is 1. The first-order chi connectivity index (χ1) is 9.48. The molecule has 1 N–H and O–H groups in total. The molecule has 1 aromatic heterocycles. The second kappa shape index (κ2) is 4.09. The minimum absolute atomic E-state index is 0.185. The van der Waals surface area contributed by atoms with Gasteiger partial charge in [0.15, 0.2) is 0 Å². The van der Waals surface area contributed by atoms with Gasteiger partial charge in [-0.1, -0.05) is 6.92 Å². The molecule has 3 unspecified atom stereocenters. The number of nitrogens with zero attached hydrogens (tertiary/aromatic N) is 2. The van der Waals surface area contributed by atoms with Gasteiger partial charge in [0.1, 0.15) is 5.82 Å². The summed E-state index contributed by atoms with van der Waals surface area (Å²) < 4.78 is 2.05. The van der Waals surface area contributed by atoms with E-state index in [1.165, 1.54) is 38.5 Å². The van der Waals surface area contributed by atoms with E-state index in [1.807, 2.05) is 24.0 Å². The predicted molar refractivity (Wildman–Crippen MR) is 78.1 cm³/mol. The van der Waals surface area contributed by atoms with Gasteiger partial charge >= 0.3 is 0 Å². The second-order valence-electron chi connectivity index (χ2n) is 8.31. The van der Waals surface area contributed by atoms with Crippen LogP contribution >= 0.6 is 0 Å². The summed E-state index contributed by atoms with van der Waals surface area (Å²) in [5, 5.41) is 11.0. The van der Waals surface area contributed by atoms with Gasteiger partial charge in [-0.05, 0) is 61.2 Å². The third-order valence-corrected chi connectivity index (χ3v) is 6.40. The molecule has 4 saturated carbocycles. The zero-order valence-corrected chi connectivity index (χ0v) is 12.7. The smallest absolute Gasteiger partial charge is 0.110 e. The van der Waals surface area contributed by atoms with Crippen LogP contribution in [-0.4, -0.2) is 20.8 Å². The Labute approximate surface area is 121 Å². The Morgan fingerprint density at radius 1 is 1.35 bits per heavy atom. The molecule has 0 amide bonds. The first kappa shape index (κ1) is 12.9. The molecule has 1 aromatic rings. The van der Waals surface area contributed by atoms with Gasteiger partial charge in [-0.15, -0.1) is 0 Å². The van der Waals surface area contributed by atoms with E-state index in [0.717, 1.165) is 24.1 Å². The number of hydrogen-bond acceptors (Lipinski definition) is 2. The highest BCUT2D eigenvalue weighted by molar-refractivity contribution is 5.10. The van der Waals surface area contributed by atoms with Crippen molar-refractivity contribution in [1.29, 1.82) is 0 Å². The van der Waals surface area contributed by atoms with Crippen LogP contribution in [0.1, 0.15) is 51.3 Å². The largest absolute Gasteiger partial charge is 0.392 e. The van der Waals surface area contributed by atoms with Gasteiger partial charge in [0, 0.05) is 25.9 Å². The van der Waals surface area contributed by atoms with Crippen LogP contribution in [0.2, 0.25) is 0 Å². The fraction of sp³-hybridized carbons (Fsp3) is 0.824. The lowest BCUT2D eigenvalue weighted by atomic mass is 9.43. The van der Waals surface area contributed by atoms with Crippen LogP contribution in [-0.2, 0) is 13.5 Å². The van der Waals surface area contributed by atoms with Gasteiger partial charge in [-0.3, -0.25) is 0 Å². The molecule has 0 aromatic carbocycles. The Balaban J connectivity index is 1.59. The molecule has 4 aliphatic rings. The Morgan fingerprint density at radius 2 is 2.05 bits per heavy atom. The summed E-state index contributed by atoms with van der Waals surface area (Å²) in [5.74, 6) is 2.77. The maximum Gasteiger partial charge on any atom is 0.110 e. The van der Waals surface area contributed by atoms with Crippen LogP contribution in [0.25, 0.3) is 0 Å². The molecule has 0 saturated heterocycles. The van der Waals surface area contributed by atoms with Crippen molar-refractivity contribution in [3.63, 3.8) is 0 Å². The van der Waals surface area contributed by atoms with Crippen molar-refractivity contribution in [2.24, 2.45) is 29.7 Å². The molecule has 0 aliphatic heterocycles. The highest BCUT2D eigenvalue weighted by Crippen LogP contribution is 2.66. The molecular formula is C17H26N2O. The van der Waals surface area contributed by atoms with Crippen LogP contribution < -0.4 is 0 Å². The van der Waals surface area contributed by atoms with Crippen LogP contribution in [0.15, 0.2) is 12.4 Å². The zero-order chi connectivity index (χ0) is 14.0. The van der Waals surface area contributed by atoms with Crippen LogP contribution in [0, 0.1) is 22.7 Å². The molecule has 0 spiro atoms. The summed E-state index contributed by atoms with van der Waals surface area (Å²) >= 11 is 0. The van der Waals surface area contributed by atoms with Gasteiger partial charge in [0.25, 0.3) is 0 Å². The number of hydrogen-bond donors (Lipinski definition) is 1. The summed E-state index contributed by atoms with van der Waals surface area (Å²) in [6.07, 6.45) is 12.3. The molecule has 4 bridgehead atoms. The standard InChI is InChI=1S/C17H26N2O/c1-16-7-12-5-13(8-16)10-17(9-12,11-16)14(20)6-15-18-3-4-19(15)2/h3-4,12-14,20H,5-11H2,1-2H3. The number of aromatic nitrogens is 2. The molecular weight excluding hydrogens is 248 g/mol. The van der Waals surface area contributed by atoms with E-state index < -0.39 is 0 Å². The maximum atomic E-state index is 11.0. The van der Waals surface area contributed by atoms with Crippen LogP contribution in [0.5, 0.6) is 0 Å². The average molecular weight is 274 g/mol. The lowest BCUT2D eigenvalue weighted by Gasteiger charge is -2.62. The predicted octanol–water partition coefficient (Wildman–Crippen LogP) is 2.93. The lowest BCUT2D eigenvalue weighted by Crippen LogP contribution is -2.55. The molecule has 3 heteroatoms. The highest BCUT2D eigenvalue weighted by atomic mass is 16.3. The number of rotatable bonds is 3. The average Bonchev–Trinajstić information content (AvgIpc) is 2.71. The molecule has 110 valence electrons. The Bertz CT molecular complexity index is 507. The SMILES string of the molecule is Cn1ccnc1CC(O)C12CC3CC(CC(C)(C3)C1)C2. The van der Waals surface area contributed by atoms with Crippen molar-refractivity contribution in [1.82, 2.24) is 9.55 Å². The van der Waals surface area contributed by atoms with E-state index in [4.69, 9.17) is 0 Å². The number of imidazole rings is 1. The van der Waals surface area contributed by atoms with Gasteiger partial charge < -0.3 is 9.67 Å². The molecule has 3 atom stereocenters. The van der Waals surface area contributed by atoms with E-state index in [-0.39, 0.29) is 11.5 Å². The quantitative estimate of drug-likeness (QED) is 0.920. The molecule has 4 aliphatic carbocycles. The third kappa shape index (κ3) is 1.86. The van der Waals surface area contributed by atoms with Gasteiger partial charge in [0.2, 0.25) is 0 Å². The van der Waals surface area contributed by atoms with Crippen molar-refractivity contribution >= 4 is 0 Å². The van der Waals surface area contributed by atoms with Crippen molar-refractivity contribution in [3.8, 4) is 0 Å². The van der Waals surface area contributed by atoms with Gasteiger partial charge in [-0.2, -0.15) is 0 Å². The molecule has 20 heavy (non-hydrogen) atoms. The minimum atomic E-state index is -0.214. The first-order valence-electron chi connectivity index (χ1n) is 8.12. The van der Waals surface area contributed by atoms with E-state index in [2.05, 4.69) is 11.9 Å². The van der Waals surface area contributed by atoms with E-state index in [9.17, 15) is 5.11 Å². The van der Waals surface area contributed by atoms with E-state index in [1.54, 1.807) is 0 Å². The summed E-state index contributed by atoms with van der Waals surface area (Å²) in [6, 6.07) is 0. The van der Waals surface area contributed by atoms with Gasteiger partial charge in [-0.25, -0.2) is 4.98 Å². The Morgan fingerprint density at radius 3 is 2.60 bits per heavy atom. The minimum Gasteiger partial charge on any atom is -0.392 e. The van der Waals surface area contributed by atoms with Crippen molar-refractivity contribution in [3.05, 3.63) is 18.2 Å². The Hall–Kier alpha value is -0.830. The normalized spacial score (nSPS) is 44.0. The molecule has 5 rings (SSSR count). The fourth-order valence-corrected chi connectivity index (χ4v) is 6.17. The van der Waals surface area contributed by atoms with Crippen molar-refractivity contribution in [2.75, 3.05) is 0 Å². The van der Waals surface area contributed by atoms with Gasteiger partial charge in [0.05, 0.1) is 6.10 Å². The van der Waals surface area contributed by atoms with Crippen molar-refractivity contribution < 1.29 is 5.11 Å². The van der Waals surface area contributed by atoms with Crippen LogP contribution in [0.3, 0.4) is 0 Å². The van der Waals surface area contributed by atoms with E-state index >= 15 is 0 Å². The van der Waals surface area contributed by atoms with Crippen molar-refractivity contribution in [2.45, 2.75) is 58.0 Å². The van der Waals surface area contributed by atoms with E-state index in [0.29, 0.717) is 5.41 Å². The summed E-state index contributed by atoms with van der Waals surface area (Å²) in [5.41, 5.74) is 0.692. The summed E-state index contributed by atoms with van der Waals surface area (Å²) in [4.78, 5) is 4.40. The fourth-order valence-electron chi connectivity index (χ4n) is 6.17. The third-order valence-electron chi connectivity index (χ3n) is 6.40. The molecule has 3 nitrogen and oxygen atoms in total. The molecule has 1 heterocycles. The zero-order valence-electron chi connectivity index (χ0n) is 12.7. The number of aliphatic hydroxyl groups is 1. The van der Waals surface area contributed by atoms with Crippen LogP contribution in [0.4, 0.5) is 0 Å². The summed E-state index contributed by atoms with van der Waals surface area (Å²) in [7, 11) is 2.02. The topological polar surface area (TPSA) is 38.0 Å². The highest BCUT2D eigenvalue weighted by Gasteiger charge is 2.58. The Kier molecular flexibility index (Phi) is 2.64. The molecule has 4 fully saturated rings. The summed E-state index contributed by atoms with van der Waals surface area (Å²) in [6.45, 7) is 2.46. The lowest BCUT2D eigenvalue weighted by molar-refractivity contribution is -0.153.